The number of anilines is 2. The molecule has 1 aliphatic rings. The van der Waals surface area contributed by atoms with E-state index in [0.29, 0.717) is 11.3 Å². The molecule has 2 aromatic rings. The van der Waals surface area contributed by atoms with E-state index in [1.54, 1.807) is 29.2 Å². The molecule has 1 atom stereocenters. The molecule has 3 rings (SSSR count). The molecule has 6 nitrogen and oxygen atoms in total. The standard InChI is InChI=1S/C23H26N2O4/c1-4-15-8-6-9-16(5-2)21(15)24-22(27)18-13-20(26)25(14-18)19-11-7-10-17(12-19)23(28)29-3/h6-12,18H,4-5,13-14H2,1-3H3,(H,24,27). The smallest absolute Gasteiger partial charge is 0.337 e. The van der Waals surface area contributed by atoms with E-state index in [2.05, 4.69) is 19.2 Å². The minimum absolute atomic E-state index is 0.133. The number of methoxy groups -OCH3 is 1. The zero-order valence-electron chi connectivity index (χ0n) is 17.0. The molecule has 0 aromatic heterocycles. The molecule has 1 heterocycles. The van der Waals surface area contributed by atoms with E-state index in [-0.39, 0.29) is 24.8 Å². The van der Waals surface area contributed by atoms with Crippen molar-refractivity contribution in [2.45, 2.75) is 33.1 Å². The van der Waals surface area contributed by atoms with Crippen LogP contribution in [-0.4, -0.2) is 31.4 Å². The third-order valence-electron chi connectivity index (χ3n) is 5.32. The summed E-state index contributed by atoms with van der Waals surface area (Å²) in [6.45, 7) is 4.39. The van der Waals surface area contributed by atoms with Gasteiger partial charge in [-0.2, -0.15) is 0 Å². The quantitative estimate of drug-likeness (QED) is 0.760. The molecule has 1 N–H and O–H groups in total. The van der Waals surface area contributed by atoms with Gasteiger partial charge in [-0.05, 0) is 42.2 Å². The fraction of sp³-hybridized carbons (Fsp3) is 0.348. The molecule has 0 aliphatic carbocycles. The van der Waals surface area contributed by atoms with Crippen molar-refractivity contribution in [3.63, 3.8) is 0 Å². The second-order valence-corrected chi connectivity index (χ2v) is 7.09. The van der Waals surface area contributed by atoms with Gasteiger partial charge in [-0.1, -0.05) is 38.1 Å². The predicted molar refractivity (Wildman–Crippen MR) is 112 cm³/mol. The number of amides is 2. The van der Waals surface area contributed by atoms with E-state index >= 15 is 0 Å². The highest BCUT2D eigenvalue weighted by Gasteiger charge is 2.35. The number of benzene rings is 2. The number of hydrogen-bond acceptors (Lipinski definition) is 4. The molecule has 1 fully saturated rings. The minimum atomic E-state index is -0.462. The lowest BCUT2D eigenvalue weighted by atomic mass is 10.0. The fourth-order valence-corrected chi connectivity index (χ4v) is 3.68. The first-order valence-electron chi connectivity index (χ1n) is 9.88. The molecule has 2 aromatic carbocycles. The van der Waals surface area contributed by atoms with Gasteiger partial charge in [-0.25, -0.2) is 4.79 Å². The van der Waals surface area contributed by atoms with Crippen LogP contribution in [-0.2, 0) is 27.2 Å². The second kappa shape index (κ2) is 8.90. The molecule has 0 radical (unpaired) electrons. The van der Waals surface area contributed by atoms with Crippen LogP contribution in [0.2, 0.25) is 0 Å². The summed E-state index contributed by atoms with van der Waals surface area (Å²) in [6.07, 6.45) is 1.78. The summed E-state index contributed by atoms with van der Waals surface area (Å²) in [6, 6.07) is 12.7. The maximum absolute atomic E-state index is 12.9. The van der Waals surface area contributed by atoms with E-state index in [4.69, 9.17) is 4.74 Å². The summed E-state index contributed by atoms with van der Waals surface area (Å²) >= 11 is 0. The van der Waals surface area contributed by atoms with Gasteiger partial charge >= 0.3 is 5.97 Å². The Hall–Kier alpha value is -3.15. The van der Waals surface area contributed by atoms with Gasteiger partial charge in [0, 0.05) is 24.3 Å². The van der Waals surface area contributed by atoms with E-state index in [0.717, 1.165) is 29.7 Å². The van der Waals surface area contributed by atoms with Crippen molar-refractivity contribution in [2.75, 3.05) is 23.9 Å². The summed E-state index contributed by atoms with van der Waals surface area (Å²) < 4.78 is 4.74. The normalized spacial score (nSPS) is 16.0. The maximum atomic E-state index is 12.9. The lowest BCUT2D eigenvalue weighted by Gasteiger charge is -2.19. The number of para-hydroxylation sites is 1. The Kier molecular flexibility index (Phi) is 6.32. The molecule has 152 valence electrons. The Labute approximate surface area is 170 Å². The van der Waals surface area contributed by atoms with Gasteiger partial charge in [0.15, 0.2) is 0 Å². The largest absolute Gasteiger partial charge is 0.465 e. The van der Waals surface area contributed by atoms with Crippen LogP contribution in [0, 0.1) is 5.92 Å². The summed E-state index contributed by atoms with van der Waals surface area (Å²) in [5.74, 6) is -1.19. The Morgan fingerprint density at radius 2 is 1.76 bits per heavy atom. The van der Waals surface area contributed by atoms with Crippen molar-refractivity contribution in [3.8, 4) is 0 Å². The van der Waals surface area contributed by atoms with Gasteiger partial charge in [0.05, 0.1) is 18.6 Å². The van der Waals surface area contributed by atoms with Crippen molar-refractivity contribution in [1.29, 1.82) is 0 Å². The highest BCUT2D eigenvalue weighted by Crippen LogP contribution is 2.29. The van der Waals surface area contributed by atoms with E-state index in [9.17, 15) is 14.4 Å². The molecule has 0 saturated carbocycles. The van der Waals surface area contributed by atoms with Crippen molar-refractivity contribution in [3.05, 3.63) is 59.2 Å². The Morgan fingerprint density at radius 1 is 1.10 bits per heavy atom. The molecule has 0 spiro atoms. The van der Waals surface area contributed by atoms with E-state index in [1.165, 1.54) is 7.11 Å². The van der Waals surface area contributed by atoms with Crippen LogP contribution in [0.5, 0.6) is 0 Å². The van der Waals surface area contributed by atoms with Crippen LogP contribution < -0.4 is 10.2 Å². The van der Waals surface area contributed by atoms with Crippen molar-refractivity contribution in [2.24, 2.45) is 5.92 Å². The Balaban J connectivity index is 1.77. The molecule has 1 saturated heterocycles. The molecule has 1 unspecified atom stereocenters. The summed E-state index contributed by atoms with van der Waals surface area (Å²) in [4.78, 5) is 38.8. The SMILES string of the molecule is CCc1cccc(CC)c1NC(=O)C1CC(=O)N(c2cccc(C(=O)OC)c2)C1. The highest BCUT2D eigenvalue weighted by atomic mass is 16.5. The van der Waals surface area contributed by atoms with Crippen molar-refractivity contribution in [1.82, 2.24) is 0 Å². The minimum Gasteiger partial charge on any atom is -0.465 e. The van der Waals surface area contributed by atoms with Crippen LogP contribution in [0.25, 0.3) is 0 Å². The lowest BCUT2D eigenvalue weighted by molar-refractivity contribution is -0.122. The van der Waals surface area contributed by atoms with Crippen molar-refractivity contribution >= 4 is 29.2 Å². The van der Waals surface area contributed by atoms with Gasteiger partial charge in [-0.3, -0.25) is 9.59 Å². The number of hydrogen-bond donors (Lipinski definition) is 1. The zero-order chi connectivity index (χ0) is 21.0. The van der Waals surface area contributed by atoms with Crippen LogP contribution in [0.1, 0.15) is 41.8 Å². The predicted octanol–water partition coefficient (Wildman–Crippen LogP) is 3.59. The van der Waals surface area contributed by atoms with E-state index < -0.39 is 11.9 Å². The molecule has 6 heteroatoms. The van der Waals surface area contributed by atoms with Gasteiger partial charge < -0.3 is 15.0 Å². The van der Waals surface area contributed by atoms with E-state index in [1.807, 2.05) is 18.2 Å². The average molecular weight is 394 g/mol. The second-order valence-electron chi connectivity index (χ2n) is 7.09. The number of aryl methyl sites for hydroxylation is 2. The number of carbonyl (C=O) groups excluding carboxylic acids is 3. The summed E-state index contributed by atoms with van der Waals surface area (Å²) in [5.41, 5.74) is 4.00. The van der Waals surface area contributed by atoms with Crippen LogP contribution >= 0.6 is 0 Å². The lowest BCUT2D eigenvalue weighted by Crippen LogP contribution is -2.28. The first-order chi connectivity index (χ1) is 14.0. The molecule has 1 aliphatic heterocycles. The Morgan fingerprint density at radius 3 is 2.38 bits per heavy atom. The Bertz CT molecular complexity index is 916. The highest BCUT2D eigenvalue weighted by molar-refractivity contribution is 6.04. The number of carbonyl (C=O) groups is 3. The third kappa shape index (κ3) is 4.31. The van der Waals surface area contributed by atoms with Gasteiger partial charge in [0.2, 0.25) is 11.8 Å². The molecular weight excluding hydrogens is 368 g/mol. The van der Waals surface area contributed by atoms with Gasteiger partial charge in [-0.15, -0.1) is 0 Å². The number of nitrogens with one attached hydrogen (secondary N) is 1. The first-order valence-corrected chi connectivity index (χ1v) is 9.88. The molecule has 29 heavy (non-hydrogen) atoms. The average Bonchev–Trinajstić information content (AvgIpc) is 3.15. The number of esters is 1. The van der Waals surface area contributed by atoms with Gasteiger partial charge in [0.1, 0.15) is 0 Å². The van der Waals surface area contributed by atoms with Crippen LogP contribution in [0.3, 0.4) is 0 Å². The molecule has 2 amide bonds. The molecule has 0 bridgehead atoms. The summed E-state index contributed by atoms with van der Waals surface area (Å²) in [7, 11) is 1.31. The van der Waals surface area contributed by atoms with Crippen molar-refractivity contribution < 1.29 is 19.1 Å². The topological polar surface area (TPSA) is 75.7 Å². The maximum Gasteiger partial charge on any atom is 0.337 e. The monoisotopic (exact) mass is 394 g/mol. The van der Waals surface area contributed by atoms with Crippen LogP contribution in [0.4, 0.5) is 11.4 Å². The van der Waals surface area contributed by atoms with Gasteiger partial charge in [0.25, 0.3) is 0 Å². The zero-order valence-corrected chi connectivity index (χ0v) is 17.0. The number of rotatable bonds is 6. The molecular formula is C23H26N2O4. The number of nitrogens with zero attached hydrogens (tertiary/aromatic N) is 1. The first kappa shape index (κ1) is 20.6. The summed E-state index contributed by atoms with van der Waals surface area (Å²) in [5, 5.41) is 3.06. The van der Waals surface area contributed by atoms with Crippen LogP contribution in [0.15, 0.2) is 42.5 Å². The fourth-order valence-electron chi connectivity index (χ4n) is 3.68. The third-order valence-corrected chi connectivity index (χ3v) is 5.32. The number of ether oxygens (including phenoxy) is 1.